The average molecular weight is 185 g/mol. The smallest absolute Gasteiger partial charge is 0.00206 e. The maximum atomic E-state index is 3.46. The summed E-state index contributed by atoms with van der Waals surface area (Å²) in [6.07, 6.45) is 5.50. The Balaban J connectivity index is 3.53. The van der Waals surface area contributed by atoms with E-state index < -0.39 is 0 Å². The van der Waals surface area contributed by atoms with Gasteiger partial charge >= 0.3 is 0 Å². The molecule has 0 aromatic rings. The first-order chi connectivity index (χ1) is 6.20. The highest BCUT2D eigenvalue weighted by molar-refractivity contribution is 4.62. The van der Waals surface area contributed by atoms with E-state index in [4.69, 9.17) is 0 Å². The number of hydrogen-bond donors (Lipinski definition) is 1. The van der Waals surface area contributed by atoms with E-state index in [2.05, 4.69) is 33.0 Å². The molecule has 1 atom stereocenters. The Kier molecular flexibility index (Phi) is 8.53. The third kappa shape index (κ3) is 8.29. The molecule has 0 bridgehead atoms. The summed E-state index contributed by atoms with van der Waals surface area (Å²) in [4.78, 5) is 0. The van der Waals surface area contributed by atoms with Crippen LogP contribution >= 0.6 is 0 Å². The minimum absolute atomic E-state index is 0.862. The average Bonchev–Trinajstić information content (AvgIpc) is 2.09. The number of hydrogen-bond acceptors (Lipinski definition) is 1. The van der Waals surface area contributed by atoms with E-state index in [0.717, 1.165) is 18.4 Å². The van der Waals surface area contributed by atoms with E-state index in [0.29, 0.717) is 0 Å². The summed E-state index contributed by atoms with van der Waals surface area (Å²) in [7, 11) is 0. The largest absolute Gasteiger partial charge is 0.317 e. The maximum Gasteiger partial charge on any atom is -0.00206 e. The lowest BCUT2D eigenvalue weighted by Gasteiger charge is -2.17. The molecule has 80 valence electrons. The van der Waals surface area contributed by atoms with Gasteiger partial charge in [-0.3, -0.25) is 0 Å². The van der Waals surface area contributed by atoms with Crippen LogP contribution in [-0.4, -0.2) is 13.1 Å². The van der Waals surface area contributed by atoms with Crippen LogP contribution in [-0.2, 0) is 0 Å². The molecule has 0 aliphatic carbocycles. The van der Waals surface area contributed by atoms with Crippen molar-refractivity contribution in [2.24, 2.45) is 11.8 Å². The molecule has 1 unspecified atom stereocenters. The molecule has 0 aliphatic heterocycles. The maximum absolute atomic E-state index is 3.46. The monoisotopic (exact) mass is 185 g/mol. The van der Waals surface area contributed by atoms with E-state index in [-0.39, 0.29) is 0 Å². The second-order valence-electron chi connectivity index (χ2n) is 4.43. The van der Waals surface area contributed by atoms with Crippen LogP contribution in [0.5, 0.6) is 0 Å². The minimum atomic E-state index is 0.862. The van der Waals surface area contributed by atoms with Gasteiger partial charge in [-0.15, -0.1) is 0 Å². The zero-order valence-corrected chi connectivity index (χ0v) is 9.90. The Hall–Kier alpha value is -0.0400. The first-order valence-electron chi connectivity index (χ1n) is 5.91. The highest BCUT2D eigenvalue weighted by Crippen LogP contribution is 2.16. The van der Waals surface area contributed by atoms with Crippen LogP contribution in [0.15, 0.2) is 0 Å². The Morgan fingerprint density at radius 1 is 1.00 bits per heavy atom. The van der Waals surface area contributed by atoms with Crippen molar-refractivity contribution >= 4 is 0 Å². The van der Waals surface area contributed by atoms with Crippen molar-refractivity contribution in [1.29, 1.82) is 0 Å². The molecule has 0 amide bonds. The Labute approximate surface area is 84.3 Å². The highest BCUT2D eigenvalue weighted by atomic mass is 14.8. The van der Waals surface area contributed by atoms with Crippen molar-refractivity contribution in [2.75, 3.05) is 13.1 Å². The van der Waals surface area contributed by atoms with Crippen LogP contribution in [0.2, 0.25) is 0 Å². The third-order valence-electron chi connectivity index (χ3n) is 2.53. The molecule has 0 fully saturated rings. The fourth-order valence-corrected chi connectivity index (χ4v) is 1.67. The lowest BCUT2D eigenvalue weighted by Crippen LogP contribution is -2.22. The van der Waals surface area contributed by atoms with Gasteiger partial charge in [0.25, 0.3) is 0 Å². The van der Waals surface area contributed by atoms with Gasteiger partial charge in [-0.2, -0.15) is 0 Å². The summed E-state index contributed by atoms with van der Waals surface area (Å²) in [5.74, 6) is 1.77. The van der Waals surface area contributed by atoms with Gasteiger partial charge in [0.2, 0.25) is 0 Å². The lowest BCUT2D eigenvalue weighted by atomic mass is 9.94. The lowest BCUT2D eigenvalue weighted by molar-refractivity contribution is 0.380. The van der Waals surface area contributed by atoms with Crippen LogP contribution in [0.25, 0.3) is 0 Å². The Bertz CT molecular complexity index is 99.3. The summed E-state index contributed by atoms with van der Waals surface area (Å²) in [5, 5.41) is 3.46. The fraction of sp³-hybridized carbons (Fsp3) is 1.00. The van der Waals surface area contributed by atoms with Gasteiger partial charge in [-0.25, -0.2) is 0 Å². The van der Waals surface area contributed by atoms with Crippen molar-refractivity contribution in [3.63, 3.8) is 0 Å². The van der Waals surface area contributed by atoms with Crippen LogP contribution in [0.4, 0.5) is 0 Å². The van der Waals surface area contributed by atoms with Gasteiger partial charge in [0, 0.05) is 0 Å². The minimum Gasteiger partial charge on any atom is -0.317 e. The predicted octanol–water partition coefficient (Wildman–Crippen LogP) is 3.45. The number of nitrogens with one attached hydrogen (secondary N) is 1. The molecule has 1 heteroatoms. The van der Waals surface area contributed by atoms with Gasteiger partial charge in [0.15, 0.2) is 0 Å². The van der Waals surface area contributed by atoms with Gasteiger partial charge < -0.3 is 5.32 Å². The van der Waals surface area contributed by atoms with Gasteiger partial charge in [0.05, 0.1) is 0 Å². The number of rotatable bonds is 8. The molecule has 0 radical (unpaired) electrons. The summed E-state index contributed by atoms with van der Waals surface area (Å²) in [6, 6.07) is 0. The molecule has 0 aromatic carbocycles. The zero-order chi connectivity index (χ0) is 10.1. The standard InChI is InChI=1S/C12H27N/c1-5-7-12(10-13-6-2)9-8-11(3)4/h11-13H,5-10H2,1-4H3. The third-order valence-corrected chi connectivity index (χ3v) is 2.53. The van der Waals surface area contributed by atoms with Crippen molar-refractivity contribution < 1.29 is 0 Å². The topological polar surface area (TPSA) is 12.0 Å². The summed E-state index contributed by atoms with van der Waals surface area (Å²) < 4.78 is 0. The van der Waals surface area contributed by atoms with Crippen LogP contribution in [0.1, 0.15) is 53.4 Å². The van der Waals surface area contributed by atoms with Crippen LogP contribution in [0.3, 0.4) is 0 Å². The second-order valence-corrected chi connectivity index (χ2v) is 4.43. The summed E-state index contributed by atoms with van der Waals surface area (Å²) in [6.45, 7) is 11.4. The van der Waals surface area contributed by atoms with Crippen molar-refractivity contribution in [3.05, 3.63) is 0 Å². The molecule has 0 heterocycles. The Morgan fingerprint density at radius 3 is 2.15 bits per heavy atom. The van der Waals surface area contributed by atoms with Crippen LogP contribution < -0.4 is 5.32 Å². The van der Waals surface area contributed by atoms with E-state index >= 15 is 0 Å². The molecule has 0 rings (SSSR count). The molecule has 1 N–H and O–H groups in total. The Morgan fingerprint density at radius 2 is 1.69 bits per heavy atom. The van der Waals surface area contributed by atoms with E-state index in [1.807, 2.05) is 0 Å². The van der Waals surface area contributed by atoms with Crippen molar-refractivity contribution in [1.82, 2.24) is 5.32 Å². The predicted molar refractivity (Wildman–Crippen MR) is 61.0 cm³/mol. The normalized spacial score (nSPS) is 13.6. The molecule has 0 saturated carbocycles. The van der Waals surface area contributed by atoms with Gasteiger partial charge in [-0.1, -0.05) is 40.5 Å². The van der Waals surface area contributed by atoms with Crippen molar-refractivity contribution in [2.45, 2.75) is 53.4 Å². The van der Waals surface area contributed by atoms with Gasteiger partial charge in [-0.05, 0) is 37.8 Å². The molecule has 13 heavy (non-hydrogen) atoms. The van der Waals surface area contributed by atoms with E-state index in [1.165, 1.54) is 32.2 Å². The van der Waals surface area contributed by atoms with E-state index in [1.54, 1.807) is 0 Å². The molecule has 0 saturated heterocycles. The zero-order valence-electron chi connectivity index (χ0n) is 9.90. The molecule has 0 aromatic heterocycles. The van der Waals surface area contributed by atoms with Gasteiger partial charge in [0.1, 0.15) is 0 Å². The molecular weight excluding hydrogens is 158 g/mol. The molecule has 1 nitrogen and oxygen atoms in total. The van der Waals surface area contributed by atoms with Crippen LogP contribution in [0, 0.1) is 11.8 Å². The highest BCUT2D eigenvalue weighted by Gasteiger charge is 2.07. The van der Waals surface area contributed by atoms with Crippen molar-refractivity contribution in [3.8, 4) is 0 Å². The summed E-state index contributed by atoms with van der Waals surface area (Å²) in [5.41, 5.74) is 0. The SMILES string of the molecule is CCCC(CCC(C)C)CNCC. The quantitative estimate of drug-likeness (QED) is 0.611. The molecular formula is C12H27N. The second kappa shape index (κ2) is 8.55. The molecule has 0 spiro atoms. The van der Waals surface area contributed by atoms with E-state index in [9.17, 15) is 0 Å². The fourth-order valence-electron chi connectivity index (χ4n) is 1.67. The molecule has 0 aliphatic rings. The first kappa shape index (κ1) is 13.0. The summed E-state index contributed by atoms with van der Waals surface area (Å²) >= 11 is 0. The first-order valence-corrected chi connectivity index (χ1v) is 5.91.